The Balaban J connectivity index is 0.00000306. The summed E-state index contributed by atoms with van der Waals surface area (Å²) in [5, 5.41) is 55.4. The normalized spacial score (nSPS) is 40.8. The van der Waals surface area contributed by atoms with Crippen molar-refractivity contribution < 1.29 is 39.9 Å². The van der Waals surface area contributed by atoms with Crippen LogP contribution in [0.15, 0.2) is 34.8 Å². The summed E-state index contributed by atoms with van der Waals surface area (Å²) in [6.07, 6.45) is -0.999. The SMILES string of the molecule is C=C1C2CCCC(O)C2C(=O)C2=C(O)C3(O)C(O)=C(C(N)=O)C(=O)C(N(C)C)C3C(O)C12.Cl. The molecule has 0 aromatic rings. The number of rotatable bonds is 2. The van der Waals surface area contributed by atoms with Crippen LogP contribution in [0.25, 0.3) is 0 Å². The minimum atomic E-state index is -2.80. The summed E-state index contributed by atoms with van der Waals surface area (Å²) < 4.78 is 0. The number of aliphatic hydroxyl groups excluding tert-OH is 4. The van der Waals surface area contributed by atoms with Crippen LogP contribution in [-0.4, -0.2) is 85.9 Å². The molecule has 2 saturated carbocycles. The van der Waals surface area contributed by atoms with Gasteiger partial charge in [-0.15, -0.1) is 12.4 Å². The van der Waals surface area contributed by atoms with Crippen molar-refractivity contribution in [3.8, 4) is 0 Å². The number of ketones is 2. The highest BCUT2D eigenvalue weighted by Crippen LogP contribution is 2.56. The Hall–Kier alpha value is -2.24. The minimum absolute atomic E-state index is 0. The van der Waals surface area contributed by atoms with Crippen LogP contribution in [0.5, 0.6) is 0 Å². The van der Waals surface area contributed by atoms with Crippen molar-refractivity contribution in [2.75, 3.05) is 14.1 Å². The van der Waals surface area contributed by atoms with Crippen LogP contribution in [-0.2, 0) is 14.4 Å². The number of aliphatic hydroxyl groups is 5. The predicted molar refractivity (Wildman–Crippen MR) is 117 cm³/mol. The second-order valence-electron chi connectivity index (χ2n) is 9.45. The summed E-state index contributed by atoms with van der Waals surface area (Å²) in [6, 6.07) is -1.34. The molecule has 33 heavy (non-hydrogen) atoms. The van der Waals surface area contributed by atoms with E-state index in [4.69, 9.17) is 5.73 Å². The van der Waals surface area contributed by atoms with Gasteiger partial charge in [0.2, 0.25) is 0 Å². The molecule has 4 aliphatic rings. The fourth-order valence-electron chi connectivity index (χ4n) is 6.27. The molecule has 0 aromatic heterocycles. The van der Waals surface area contributed by atoms with E-state index in [0.717, 1.165) is 0 Å². The molecular weight excluding hydrogens is 456 g/mol. The first kappa shape index (κ1) is 25.4. The molecule has 0 heterocycles. The van der Waals surface area contributed by atoms with E-state index in [9.17, 15) is 39.9 Å². The maximum Gasteiger partial charge on any atom is 0.255 e. The number of nitrogens with zero attached hydrogens (tertiary/aromatic N) is 1. The zero-order chi connectivity index (χ0) is 23.9. The molecule has 182 valence electrons. The average Bonchev–Trinajstić information content (AvgIpc) is 2.70. The van der Waals surface area contributed by atoms with Crippen molar-refractivity contribution in [2.24, 2.45) is 29.4 Å². The maximum atomic E-state index is 13.4. The van der Waals surface area contributed by atoms with Gasteiger partial charge in [-0.2, -0.15) is 0 Å². The topological polar surface area (TPSA) is 182 Å². The van der Waals surface area contributed by atoms with E-state index in [0.29, 0.717) is 24.8 Å². The fraction of sp³-hybridized carbons (Fsp3) is 0.591. The molecule has 0 saturated heterocycles. The molecule has 8 unspecified atom stereocenters. The van der Waals surface area contributed by atoms with Crippen LogP contribution in [0.1, 0.15) is 19.3 Å². The van der Waals surface area contributed by atoms with E-state index < -0.39 is 82.1 Å². The molecule has 10 nitrogen and oxygen atoms in total. The third-order valence-electron chi connectivity index (χ3n) is 7.68. The van der Waals surface area contributed by atoms with Crippen molar-refractivity contribution in [1.29, 1.82) is 0 Å². The highest BCUT2D eigenvalue weighted by Gasteiger charge is 2.67. The van der Waals surface area contributed by atoms with Gasteiger partial charge in [-0.05, 0) is 32.9 Å². The van der Waals surface area contributed by atoms with Gasteiger partial charge in [0.15, 0.2) is 17.2 Å². The van der Waals surface area contributed by atoms with Crippen LogP contribution >= 0.6 is 12.4 Å². The number of amides is 1. The number of hydrogen-bond donors (Lipinski definition) is 6. The van der Waals surface area contributed by atoms with Gasteiger partial charge in [0.05, 0.1) is 30.1 Å². The van der Waals surface area contributed by atoms with Gasteiger partial charge in [0.1, 0.15) is 17.1 Å². The third kappa shape index (κ3) is 3.12. The van der Waals surface area contributed by atoms with E-state index in [1.807, 2.05) is 0 Å². The number of Topliss-reactive ketones (excluding diaryl/α,β-unsaturated/α-hetero) is 2. The van der Waals surface area contributed by atoms with Crippen molar-refractivity contribution in [2.45, 2.75) is 43.1 Å². The second kappa shape index (κ2) is 8.21. The van der Waals surface area contributed by atoms with Gasteiger partial charge in [0.25, 0.3) is 5.91 Å². The van der Waals surface area contributed by atoms with E-state index >= 15 is 0 Å². The van der Waals surface area contributed by atoms with Gasteiger partial charge in [-0.25, -0.2) is 0 Å². The number of likely N-dealkylation sites (N-methyl/N-ethyl adjacent to an activating group) is 1. The Morgan fingerprint density at radius 1 is 1.12 bits per heavy atom. The smallest absolute Gasteiger partial charge is 0.255 e. The van der Waals surface area contributed by atoms with Gasteiger partial charge in [-0.3, -0.25) is 19.3 Å². The van der Waals surface area contributed by atoms with Crippen LogP contribution in [0.4, 0.5) is 0 Å². The van der Waals surface area contributed by atoms with Crippen molar-refractivity contribution in [3.05, 3.63) is 34.8 Å². The summed E-state index contributed by atoms with van der Waals surface area (Å²) in [4.78, 5) is 39.8. The van der Waals surface area contributed by atoms with E-state index in [-0.39, 0.29) is 18.0 Å². The molecule has 2 fully saturated rings. The summed E-state index contributed by atoms with van der Waals surface area (Å²) in [6.45, 7) is 4.05. The first-order chi connectivity index (χ1) is 14.9. The number of carbonyl (C=O) groups excluding carboxylic acids is 3. The van der Waals surface area contributed by atoms with Crippen molar-refractivity contribution >= 4 is 29.9 Å². The van der Waals surface area contributed by atoms with Gasteiger partial charge >= 0.3 is 0 Å². The maximum absolute atomic E-state index is 13.4. The average molecular weight is 485 g/mol. The molecule has 0 aromatic carbocycles. The zero-order valence-electron chi connectivity index (χ0n) is 18.3. The standard InChI is InChI=1S/C22H28N2O8.ClH/c1-7-8-5-4-6-9(25)11(8)16(26)12-10(7)17(27)14-15(24(2)3)18(28)13(21(23)31)20(30)22(14,32)19(12)29;/h8-11,14-15,17,25,27,29-30,32H,1,4-6H2,2-3H3,(H2,23,31);1H. The third-order valence-corrected chi connectivity index (χ3v) is 7.68. The molecule has 4 aliphatic carbocycles. The number of hydrogen-bond acceptors (Lipinski definition) is 9. The monoisotopic (exact) mass is 484 g/mol. The number of halogens is 1. The second-order valence-corrected chi connectivity index (χ2v) is 9.45. The first-order valence-corrected chi connectivity index (χ1v) is 10.6. The predicted octanol–water partition coefficient (Wildman–Crippen LogP) is -0.715. The number of carbonyl (C=O) groups is 3. The number of fused-ring (bicyclic) bond motifs is 3. The summed E-state index contributed by atoms with van der Waals surface area (Å²) >= 11 is 0. The number of primary amides is 1. The summed E-state index contributed by atoms with van der Waals surface area (Å²) in [5.41, 5.74) is 1.61. The van der Waals surface area contributed by atoms with Gasteiger partial charge in [-0.1, -0.05) is 18.6 Å². The summed E-state index contributed by atoms with van der Waals surface area (Å²) in [5.74, 6) is -9.03. The Bertz CT molecular complexity index is 1000. The first-order valence-electron chi connectivity index (χ1n) is 10.6. The lowest BCUT2D eigenvalue weighted by Crippen LogP contribution is -2.68. The minimum Gasteiger partial charge on any atom is -0.508 e. The number of nitrogens with two attached hydrogens (primary N) is 1. The summed E-state index contributed by atoms with van der Waals surface area (Å²) in [7, 11) is 2.95. The van der Waals surface area contributed by atoms with Crippen LogP contribution < -0.4 is 5.73 Å². The van der Waals surface area contributed by atoms with Crippen LogP contribution in [0, 0.1) is 23.7 Å². The Morgan fingerprint density at radius 2 is 1.73 bits per heavy atom. The highest BCUT2D eigenvalue weighted by molar-refractivity contribution is 6.22. The fourth-order valence-corrected chi connectivity index (χ4v) is 6.27. The largest absolute Gasteiger partial charge is 0.508 e. The lowest BCUT2D eigenvalue weighted by atomic mass is 9.52. The zero-order valence-corrected chi connectivity index (χ0v) is 19.1. The Morgan fingerprint density at radius 3 is 2.27 bits per heavy atom. The van der Waals surface area contributed by atoms with E-state index in [1.54, 1.807) is 0 Å². The molecule has 7 N–H and O–H groups in total. The lowest BCUT2D eigenvalue weighted by Gasteiger charge is -2.55. The molecule has 0 spiro atoms. The van der Waals surface area contributed by atoms with Crippen LogP contribution in [0.2, 0.25) is 0 Å². The van der Waals surface area contributed by atoms with Crippen molar-refractivity contribution in [1.82, 2.24) is 4.90 Å². The molecule has 0 bridgehead atoms. The molecular formula is C22H29ClN2O8. The molecule has 4 rings (SSSR count). The van der Waals surface area contributed by atoms with Crippen LogP contribution in [0.3, 0.4) is 0 Å². The molecule has 11 heteroatoms. The molecule has 0 radical (unpaired) electrons. The Kier molecular flexibility index (Phi) is 6.31. The molecule has 0 aliphatic heterocycles. The Labute approximate surface area is 196 Å². The van der Waals surface area contributed by atoms with Crippen molar-refractivity contribution in [3.63, 3.8) is 0 Å². The quantitative estimate of drug-likeness (QED) is 0.218. The van der Waals surface area contributed by atoms with E-state index in [2.05, 4.69) is 6.58 Å². The van der Waals surface area contributed by atoms with Gasteiger partial charge in [0, 0.05) is 11.5 Å². The lowest BCUT2D eigenvalue weighted by molar-refractivity contribution is -0.154. The molecule has 1 amide bonds. The molecule has 8 atom stereocenters. The van der Waals surface area contributed by atoms with E-state index in [1.165, 1.54) is 19.0 Å². The van der Waals surface area contributed by atoms with Gasteiger partial charge < -0.3 is 31.3 Å². The highest BCUT2D eigenvalue weighted by atomic mass is 35.5.